The summed E-state index contributed by atoms with van der Waals surface area (Å²) >= 11 is 0. The van der Waals surface area contributed by atoms with Crippen LogP contribution in [0.3, 0.4) is 0 Å². The van der Waals surface area contributed by atoms with Crippen LogP contribution in [-0.2, 0) is 0 Å². The van der Waals surface area contributed by atoms with Gasteiger partial charge in [-0.1, -0.05) is 19.5 Å². The molecule has 0 fully saturated rings. The molecule has 0 aliphatic heterocycles. The van der Waals surface area contributed by atoms with Crippen molar-refractivity contribution in [1.82, 2.24) is 9.55 Å². The van der Waals surface area contributed by atoms with E-state index in [2.05, 4.69) is 11.1 Å². The van der Waals surface area contributed by atoms with Crippen molar-refractivity contribution in [2.24, 2.45) is 0 Å². The van der Waals surface area contributed by atoms with Crippen molar-refractivity contribution < 1.29 is 58.2 Å². The first-order valence-corrected chi connectivity index (χ1v) is 4.89. The van der Waals surface area contributed by atoms with Gasteiger partial charge < -0.3 is 4.57 Å². The molecule has 0 saturated heterocycles. The third-order valence-electron chi connectivity index (χ3n) is 2.49. The predicted molar refractivity (Wildman–Crippen MR) is 61.0 cm³/mol. The number of hydrogen-bond acceptors (Lipinski definition) is 2. The minimum absolute atomic E-state index is 0. The van der Waals surface area contributed by atoms with Crippen LogP contribution in [0.1, 0.15) is 11.1 Å². The number of aromatic amines is 1. The molecule has 0 radical (unpaired) electrons. The molecule has 0 bridgehead atoms. The minimum Gasteiger partial charge on any atom is -0.324 e. The molecule has 82 valence electrons. The van der Waals surface area contributed by atoms with Crippen molar-refractivity contribution in [2.45, 2.75) is 13.8 Å². The zero-order valence-corrected chi connectivity index (χ0v) is 15.0. The fraction of sp³-hybridized carbons (Fsp3) is 0.167. The van der Waals surface area contributed by atoms with Crippen molar-refractivity contribution in [3.8, 4) is 5.69 Å². The van der Waals surface area contributed by atoms with Gasteiger partial charge in [-0.05, 0) is 0 Å². The van der Waals surface area contributed by atoms with Crippen molar-refractivity contribution in [3.05, 3.63) is 62.4 Å². The van der Waals surface area contributed by atoms with Crippen LogP contribution in [0, 0.1) is 19.9 Å². The van der Waals surface area contributed by atoms with E-state index in [4.69, 9.17) is 0 Å². The van der Waals surface area contributed by atoms with Crippen LogP contribution in [0.15, 0.2) is 34.0 Å². The van der Waals surface area contributed by atoms with Crippen molar-refractivity contribution in [1.29, 1.82) is 0 Å². The molecule has 0 spiro atoms. The molecule has 1 aromatic heterocycles. The van der Waals surface area contributed by atoms with Gasteiger partial charge in [-0.2, -0.15) is 23.3 Å². The van der Waals surface area contributed by atoms with Gasteiger partial charge in [0.05, 0.1) is 0 Å². The first kappa shape index (κ1) is 14.8. The van der Waals surface area contributed by atoms with Crippen molar-refractivity contribution in [2.75, 3.05) is 0 Å². The van der Waals surface area contributed by atoms with E-state index in [0.29, 0.717) is 5.69 Å². The standard InChI is InChI=1S/C12H11N2O2.Rb/c1-8-3-4-10(7-9(8)2)14-6-5-11(15)13-12(14)16;/h4-7H,1-2H3,(H,13,15,16);/q-1;+1. The van der Waals surface area contributed by atoms with Gasteiger partial charge in [0.2, 0.25) is 0 Å². The fourth-order valence-electron chi connectivity index (χ4n) is 1.43. The Balaban J connectivity index is 0.00000144. The average Bonchev–Trinajstić information content (AvgIpc) is 2.22. The Hall–Kier alpha value is -0.295. The summed E-state index contributed by atoms with van der Waals surface area (Å²) in [6.07, 6.45) is 1.46. The summed E-state index contributed by atoms with van der Waals surface area (Å²) in [6, 6.07) is 7.98. The van der Waals surface area contributed by atoms with Gasteiger partial charge in [-0.15, -0.1) is 6.07 Å². The molecule has 1 heterocycles. The maximum atomic E-state index is 11.5. The number of H-pyrrole nitrogens is 1. The minimum atomic E-state index is -0.441. The second-order valence-electron chi connectivity index (χ2n) is 3.65. The Morgan fingerprint density at radius 2 is 2.00 bits per heavy atom. The van der Waals surface area contributed by atoms with E-state index in [1.54, 1.807) is 6.07 Å². The van der Waals surface area contributed by atoms with Crippen LogP contribution in [0.25, 0.3) is 5.69 Å². The smallest absolute Gasteiger partial charge is 0.324 e. The monoisotopic (exact) mass is 300 g/mol. The SMILES string of the molecule is Cc1[c-]cc(-n2ccc(=O)[nH]c2=O)cc1C.[Rb+]. The molecule has 17 heavy (non-hydrogen) atoms. The van der Waals surface area contributed by atoms with Gasteiger partial charge in [0.1, 0.15) is 0 Å². The van der Waals surface area contributed by atoms with Crippen LogP contribution < -0.4 is 69.4 Å². The van der Waals surface area contributed by atoms with E-state index in [0.717, 1.165) is 11.1 Å². The van der Waals surface area contributed by atoms with Crippen LogP contribution >= 0.6 is 0 Å². The number of nitrogens with zero attached hydrogens (tertiary/aromatic N) is 1. The van der Waals surface area contributed by atoms with Gasteiger partial charge in [0.25, 0.3) is 5.56 Å². The molecule has 2 aromatic rings. The molecule has 1 N–H and O–H groups in total. The maximum absolute atomic E-state index is 11.5. The summed E-state index contributed by atoms with van der Waals surface area (Å²) in [5.41, 5.74) is 1.96. The molecule has 0 saturated carbocycles. The number of aromatic nitrogens is 2. The van der Waals surface area contributed by atoms with Gasteiger partial charge in [0.15, 0.2) is 0 Å². The van der Waals surface area contributed by atoms with Crippen LogP contribution in [0.2, 0.25) is 0 Å². The van der Waals surface area contributed by atoms with E-state index >= 15 is 0 Å². The molecule has 2 rings (SSSR count). The normalized spacial score (nSPS) is 9.76. The number of benzene rings is 1. The first-order chi connectivity index (χ1) is 7.58. The zero-order chi connectivity index (χ0) is 11.7. The van der Waals surface area contributed by atoms with Crippen LogP contribution in [0.5, 0.6) is 0 Å². The Labute approximate surface area is 147 Å². The number of rotatable bonds is 1. The molecule has 1 aromatic carbocycles. The van der Waals surface area contributed by atoms with E-state index in [1.165, 1.54) is 16.8 Å². The Bertz CT molecular complexity index is 643. The number of hydrogen-bond donors (Lipinski definition) is 1. The Morgan fingerprint density at radius 3 is 2.59 bits per heavy atom. The van der Waals surface area contributed by atoms with Crippen LogP contribution in [0.4, 0.5) is 0 Å². The quantitative estimate of drug-likeness (QED) is 0.616. The van der Waals surface area contributed by atoms with Gasteiger partial charge in [-0.25, -0.2) is 4.79 Å². The summed E-state index contributed by atoms with van der Waals surface area (Å²) in [5, 5.41) is 0. The largest absolute Gasteiger partial charge is 1.00 e. The second-order valence-corrected chi connectivity index (χ2v) is 3.65. The van der Waals surface area contributed by atoms with Gasteiger partial charge >= 0.3 is 63.9 Å². The number of aryl methyl sites for hydroxylation is 2. The van der Waals surface area contributed by atoms with Gasteiger partial charge in [-0.3, -0.25) is 9.78 Å². The maximum Gasteiger partial charge on any atom is 1.00 e. The summed E-state index contributed by atoms with van der Waals surface area (Å²) in [4.78, 5) is 24.7. The van der Waals surface area contributed by atoms with Crippen molar-refractivity contribution >= 4 is 0 Å². The predicted octanol–water partition coefficient (Wildman–Crippen LogP) is -2.05. The zero-order valence-electron chi connectivity index (χ0n) is 10.1. The third kappa shape index (κ3) is 3.34. The molecular weight excluding hydrogens is 290 g/mol. The van der Waals surface area contributed by atoms with E-state index in [1.807, 2.05) is 19.9 Å². The summed E-state index contributed by atoms with van der Waals surface area (Å²) in [7, 11) is 0. The average molecular weight is 301 g/mol. The van der Waals surface area contributed by atoms with Gasteiger partial charge in [0, 0.05) is 12.3 Å². The van der Waals surface area contributed by atoms with E-state index < -0.39 is 11.2 Å². The molecule has 0 amide bonds. The molecule has 0 aliphatic carbocycles. The molecular formula is C12H11N2O2Rb. The molecule has 0 unspecified atom stereocenters. The first-order valence-electron chi connectivity index (χ1n) is 4.89. The molecule has 0 atom stereocenters. The summed E-state index contributed by atoms with van der Waals surface area (Å²) < 4.78 is 1.38. The molecule has 5 heteroatoms. The van der Waals surface area contributed by atoms with E-state index in [9.17, 15) is 9.59 Å². The fourth-order valence-corrected chi connectivity index (χ4v) is 1.43. The molecule has 0 aliphatic rings. The summed E-state index contributed by atoms with van der Waals surface area (Å²) in [6.45, 7) is 3.90. The van der Waals surface area contributed by atoms with Crippen molar-refractivity contribution in [3.63, 3.8) is 0 Å². The summed E-state index contributed by atoms with van der Waals surface area (Å²) in [5.74, 6) is 0. The van der Waals surface area contributed by atoms with E-state index in [-0.39, 0.29) is 58.2 Å². The van der Waals surface area contributed by atoms with Crippen LogP contribution in [-0.4, -0.2) is 9.55 Å². The topological polar surface area (TPSA) is 54.9 Å². The third-order valence-corrected chi connectivity index (χ3v) is 2.49. The Kier molecular flexibility index (Phi) is 5.25. The Morgan fingerprint density at radius 1 is 1.29 bits per heavy atom. The molecule has 4 nitrogen and oxygen atoms in total. The second kappa shape index (κ2) is 6.04. The number of nitrogens with one attached hydrogen (secondary N) is 1.